The summed E-state index contributed by atoms with van der Waals surface area (Å²) in [5.41, 5.74) is 1.84. The highest BCUT2D eigenvalue weighted by Gasteiger charge is 2.33. The summed E-state index contributed by atoms with van der Waals surface area (Å²) < 4.78 is 31.9. The third-order valence-electron chi connectivity index (χ3n) is 3.19. The van der Waals surface area contributed by atoms with Gasteiger partial charge in [-0.05, 0) is 19.1 Å². The van der Waals surface area contributed by atoms with Crippen molar-refractivity contribution in [3.05, 3.63) is 29.8 Å². The van der Waals surface area contributed by atoms with Crippen molar-refractivity contribution in [3.8, 4) is 0 Å². The first-order valence-electron chi connectivity index (χ1n) is 6.51. The summed E-state index contributed by atoms with van der Waals surface area (Å²) in [5.74, 6) is 0. The number of anilines is 1. The Bertz CT molecular complexity index is 613. The van der Waals surface area contributed by atoms with E-state index >= 15 is 0 Å². The molecule has 1 aromatic carbocycles. The molecule has 2 rings (SSSR count). The summed E-state index contributed by atoms with van der Waals surface area (Å²) in [6, 6.07) is 7.49. The number of nitrogens with zero attached hydrogens (tertiary/aromatic N) is 2. The first kappa shape index (κ1) is 15.7. The summed E-state index contributed by atoms with van der Waals surface area (Å²) in [6.07, 6.45) is -0.971. The van der Waals surface area contributed by atoms with Gasteiger partial charge in [-0.15, -0.1) is 0 Å². The molecule has 8 heteroatoms. The van der Waals surface area contributed by atoms with Crippen molar-refractivity contribution in [3.63, 3.8) is 0 Å². The lowest BCUT2D eigenvalue weighted by molar-refractivity contribution is 0.143. The summed E-state index contributed by atoms with van der Waals surface area (Å²) in [5, 5.41) is 0. The van der Waals surface area contributed by atoms with Crippen molar-refractivity contribution >= 4 is 22.0 Å². The number of amides is 1. The number of benzene rings is 1. The topological polar surface area (TPSA) is 79.0 Å². The summed E-state index contributed by atoms with van der Waals surface area (Å²) in [4.78, 5) is 13.3. The van der Waals surface area contributed by atoms with Crippen LogP contribution in [0, 0.1) is 6.92 Å². The molecule has 116 valence electrons. The van der Waals surface area contributed by atoms with E-state index in [4.69, 9.17) is 4.74 Å². The van der Waals surface area contributed by atoms with Crippen LogP contribution in [0.25, 0.3) is 0 Å². The molecule has 1 fully saturated rings. The highest BCUT2D eigenvalue weighted by molar-refractivity contribution is 7.87. The summed E-state index contributed by atoms with van der Waals surface area (Å²) in [7, 11) is -0.653. The summed E-state index contributed by atoms with van der Waals surface area (Å²) >= 11 is 0. The highest BCUT2D eigenvalue weighted by Crippen LogP contribution is 2.21. The lowest BCUT2D eigenvalue weighted by Gasteiger charge is -2.15. The van der Waals surface area contributed by atoms with Gasteiger partial charge in [0.15, 0.2) is 0 Å². The number of cyclic esters (lactones) is 1. The number of rotatable bonds is 5. The predicted octanol–water partition coefficient (Wildman–Crippen LogP) is 0.716. The average Bonchev–Trinajstić information content (AvgIpc) is 2.79. The molecule has 1 heterocycles. The maximum absolute atomic E-state index is 11.8. The summed E-state index contributed by atoms with van der Waals surface area (Å²) in [6.45, 7) is 2.33. The highest BCUT2D eigenvalue weighted by atomic mass is 32.2. The Morgan fingerprint density at radius 1 is 1.33 bits per heavy atom. The Balaban J connectivity index is 1.98. The molecular weight excluding hydrogens is 294 g/mol. The van der Waals surface area contributed by atoms with Crippen LogP contribution in [-0.2, 0) is 14.9 Å². The van der Waals surface area contributed by atoms with Crippen molar-refractivity contribution in [1.29, 1.82) is 0 Å². The molecule has 1 atom stereocenters. The Morgan fingerprint density at radius 3 is 2.52 bits per heavy atom. The third kappa shape index (κ3) is 3.72. The van der Waals surface area contributed by atoms with Crippen LogP contribution in [-0.4, -0.2) is 52.1 Å². The van der Waals surface area contributed by atoms with Crippen molar-refractivity contribution in [1.82, 2.24) is 9.03 Å². The molecule has 1 amide bonds. The van der Waals surface area contributed by atoms with Crippen LogP contribution in [0.1, 0.15) is 5.56 Å². The molecular formula is C13H19N3O4S. The second-order valence-electron chi connectivity index (χ2n) is 5.09. The smallest absolute Gasteiger partial charge is 0.414 e. The number of hydrogen-bond acceptors (Lipinski definition) is 4. The largest absolute Gasteiger partial charge is 0.443 e. The van der Waals surface area contributed by atoms with Gasteiger partial charge in [-0.1, -0.05) is 17.7 Å². The van der Waals surface area contributed by atoms with Crippen LogP contribution >= 0.6 is 0 Å². The fraction of sp³-hybridized carbons (Fsp3) is 0.462. The molecule has 0 bridgehead atoms. The molecule has 0 spiro atoms. The van der Waals surface area contributed by atoms with Crippen molar-refractivity contribution in [2.75, 3.05) is 32.1 Å². The lowest BCUT2D eigenvalue weighted by atomic mass is 10.2. The van der Waals surface area contributed by atoms with Gasteiger partial charge in [0.1, 0.15) is 6.10 Å². The fourth-order valence-electron chi connectivity index (χ4n) is 1.89. The molecule has 0 aliphatic carbocycles. The molecule has 0 aromatic heterocycles. The first-order valence-corrected chi connectivity index (χ1v) is 7.95. The van der Waals surface area contributed by atoms with Crippen LogP contribution in [0.3, 0.4) is 0 Å². The minimum Gasteiger partial charge on any atom is -0.443 e. The van der Waals surface area contributed by atoms with E-state index in [-0.39, 0.29) is 6.54 Å². The van der Waals surface area contributed by atoms with Gasteiger partial charge in [0.25, 0.3) is 10.2 Å². The zero-order valence-electron chi connectivity index (χ0n) is 12.2. The Morgan fingerprint density at radius 2 is 1.95 bits per heavy atom. The van der Waals surface area contributed by atoms with Gasteiger partial charge in [-0.2, -0.15) is 17.4 Å². The minimum atomic E-state index is -3.52. The maximum atomic E-state index is 11.8. The van der Waals surface area contributed by atoms with Crippen LogP contribution in [0.15, 0.2) is 24.3 Å². The Kier molecular flexibility index (Phi) is 4.50. The van der Waals surface area contributed by atoms with Gasteiger partial charge in [-0.25, -0.2) is 4.79 Å². The van der Waals surface area contributed by atoms with Gasteiger partial charge >= 0.3 is 6.09 Å². The first-order chi connectivity index (χ1) is 9.79. The molecule has 1 aliphatic rings. The van der Waals surface area contributed by atoms with Crippen LogP contribution < -0.4 is 9.62 Å². The van der Waals surface area contributed by atoms with Crippen molar-refractivity contribution in [2.24, 2.45) is 0 Å². The average molecular weight is 313 g/mol. The molecule has 1 unspecified atom stereocenters. The second kappa shape index (κ2) is 6.00. The van der Waals surface area contributed by atoms with E-state index in [1.54, 1.807) is 0 Å². The number of aryl methyl sites for hydroxylation is 1. The van der Waals surface area contributed by atoms with Gasteiger partial charge in [0.2, 0.25) is 0 Å². The number of carbonyl (C=O) groups excluding carboxylic acids is 1. The Hall–Kier alpha value is -1.64. The zero-order chi connectivity index (χ0) is 15.6. The fourth-order valence-corrected chi connectivity index (χ4v) is 2.55. The van der Waals surface area contributed by atoms with Crippen LogP contribution in [0.4, 0.5) is 10.5 Å². The predicted molar refractivity (Wildman–Crippen MR) is 79.4 cm³/mol. The second-order valence-corrected chi connectivity index (χ2v) is 7.06. The molecule has 21 heavy (non-hydrogen) atoms. The minimum absolute atomic E-state index is 0.0502. The van der Waals surface area contributed by atoms with Crippen molar-refractivity contribution < 1.29 is 17.9 Å². The van der Waals surface area contributed by atoms with Gasteiger partial charge < -0.3 is 4.74 Å². The monoisotopic (exact) mass is 313 g/mol. The molecule has 1 N–H and O–H groups in total. The van der Waals surface area contributed by atoms with Crippen molar-refractivity contribution in [2.45, 2.75) is 13.0 Å². The zero-order valence-corrected chi connectivity index (χ0v) is 13.1. The van der Waals surface area contributed by atoms with Gasteiger partial charge in [-0.3, -0.25) is 4.90 Å². The van der Waals surface area contributed by atoms with E-state index in [1.165, 1.54) is 19.0 Å². The number of hydrogen-bond donors (Lipinski definition) is 1. The molecule has 0 radical (unpaired) electrons. The SMILES string of the molecule is Cc1ccc(N2CC(CNS(=O)(=O)N(C)C)OC2=O)cc1. The molecule has 1 aliphatic heterocycles. The standard InChI is InChI=1S/C13H19N3O4S/c1-10-4-6-11(7-5-10)16-9-12(20-13(16)17)8-14-21(18,19)15(2)3/h4-7,12,14H,8-9H2,1-3H3. The number of carbonyl (C=O) groups is 1. The number of nitrogens with one attached hydrogen (secondary N) is 1. The quantitative estimate of drug-likeness (QED) is 0.868. The van der Waals surface area contributed by atoms with E-state index < -0.39 is 22.4 Å². The van der Waals surface area contributed by atoms with Crippen LogP contribution in [0.5, 0.6) is 0 Å². The molecule has 1 saturated heterocycles. The maximum Gasteiger partial charge on any atom is 0.414 e. The van der Waals surface area contributed by atoms with Crippen LogP contribution in [0.2, 0.25) is 0 Å². The van der Waals surface area contributed by atoms with E-state index in [2.05, 4.69) is 4.72 Å². The molecule has 1 aromatic rings. The van der Waals surface area contributed by atoms with E-state index in [1.807, 2.05) is 31.2 Å². The third-order valence-corrected chi connectivity index (χ3v) is 4.69. The normalized spacial score (nSPS) is 19.1. The lowest BCUT2D eigenvalue weighted by Crippen LogP contribution is -2.40. The number of ether oxygens (including phenoxy) is 1. The Labute approximate surface area is 124 Å². The van der Waals surface area contributed by atoms with E-state index in [0.717, 1.165) is 15.6 Å². The molecule has 0 saturated carbocycles. The van der Waals surface area contributed by atoms with E-state index in [0.29, 0.717) is 6.54 Å². The van der Waals surface area contributed by atoms with Gasteiger partial charge in [0.05, 0.1) is 13.1 Å². The van der Waals surface area contributed by atoms with E-state index in [9.17, 15) is 13.2 Å². The van der Waals surface area contributed by atoms with Gasteiger partial charge in [0, 0.05) is 19.8 Å². The molecule has 7 nitrogen and oxygen atoms in total.